The molecule has 3 aromatic rings. The predicted octanol–water partition coefficient (Wildman–Crippen LogP) is 4.68. The van der Waals surface area contributed by atoms with E-state index in [1.54, 1.807) is 6.92 Å². The summed E-state index contributed by atoms with van der Waals surface area (Å²) in [5.41, 5.74) is -1.61. The second-order valence-corrected chi connectivity index (χ2v) is 9.43. The average molecular weight is 514 g/mol. The summed E-state index contributed by atoms with van der Waals surface area (Å²) in [4.78, 5) is 16.5. The van der Waals surface area contributed by atoms with E-state index in [-0.39, 0.29) is 29.9 Å². The van der Waals surface area contributed by atoms with Gasteiger partial charge in [-0.25, -0.2) is 27.9 Å². The summed E-state index contributed by atoms with van der Waals surface area (Å²) in [5, 5.41) is 10.8. The van der Waals surface area contributed by atoms with Crippen molar-refractivity contribution in [1.29, 1.82) is 0 Å². The van der Waals surface area contributed by atoms with Crippen LogP contribution in [0.15, 0.2) is 39.9 Å². The number of nitrogens with two attached hydrogens (primary N) is 1. The standard InChI is InChI=1S/C21H19F5N6O2S/c1-2-32-10-14(23)19(30-32)35(27,34)31-20(33)29-17-13-4-3-5-15(13)28-18(21(24,25)26)16(17)11-6-8-12(22)9-7-11/h6-10H,2-5H2,1H3,(H3,27,28,29,31,33,34)/t35-/m0/s1. The molecule has 2 amide bonds. The van der Waals surface area contributed by atoms with Crippen LogP contribution in [0, 0.1) is 11.6 Å². The van der Waals surface area contributed by atoms with Gasteiger partial charge in [0.2, 0.25) is 5.03 Å². The monoisotopic (exact) mass is 514 g/mol. The Morgan fingerprint density at radius 2 is 1.91 bits per heavy atom. The first kappa shape index (κ1) is 24.7. The maximum Gasteiger partial charge on any atom is 0.434 e. The Bertz CT molecular complexity index is 1430. The number of benzene rings is 1. The molecule has 1 aromatic carbocycles. The van der Waals surface area contributed by atoms with Gasteiger partial charge in [-0.2, -0.15) is 18.3 Å². The molecule has 2 heterocycles. The van der Waals surface area contributed by atoms with Crippen molar-refractivity contribution < 1.29 is 31.0 Å². The molecule has 0 spiro atoms. The molecule has 0 radical (unpaired) electrons. The number of alkyl halides is 3. The topological polar surface area (TPSA) is 115 Å². The van der Waals surface area contributed by atoms with Gasteiger partial charge in [0.05, 0.1) is 11.9 Å². The lowest BCUT2D eigenvalue weighted by atomic mass is 9.97. The third-order valence-corrected chi connectivity index (χ3v) is 6.63. The zero-order chi connectivity index (χ0) is 25.5. The van der Waals surface area contributed by atoms with Crippen molar-refractivity contribution in [2.75, 3.05) is 5.32 Å². The van der Waals surface area contributed by atoms with Crippen LogP contribution in [0.1, 0.15) is 30.3 Å². The first-order valence-electron chi connectivity index (χ1n) is 10.4. The van der Waals surface area contributed by atoms with Crippen LogP contribution in [-0.2, 0) is 35.5 Å². The SMILES string of the molecule is CCn1cc(F)c([S@@](N)(=O)=NC(=O)Nc2c3c(nc(C(F)(F)F)c2-c2ccc(F)cc2)CCC3)n1. The molecule has 0 aliphatic heterocycles. The van der Waals surface area contributed by atoms with E-state index < -0.39 is 50.0 Å². The van der Waals surface area contributed by atoms with E-state index in [0.717, 1.165) is 35.1 Å². The number of pyridine rings is 1. The number of carbonyl (C=O) groups is 1. The summed E-state index contributed by atoms with van der Waals surface area (Å²) in [6.45, 7) is 1.86. The molecule has 0 saturated carbocycles. The Morgan fingerprint density at radius 3 is 2.51 bits per heavy atom. The second-order valence-electron chi connectivity index (χ2n) is 7.72. The fourth-order valence-corrected chi connectivity index (χ4v) is 4.79. The summed E-state index contributed by atoms with van der Waals surface area (Å²) < 4.78 is 86.8. The number of hydrogen-bond donors (Lipinski definition) is 2. The van der Waals surface area contributed by atoms with Crippen molar-refractivity contribution in [3.63, 3.8) is 0 Å². The van der Waals surface area contributed by atoms with Gasteiger partial charge in [-0.3, -0.25) is 4.68 Å². The third-order valence-electron chi connectivity index (χ3n) is 5.36. The molecule has 4 rings (SSSR count). The second kappa shape index (κ2) is 9.00. The molecule has 3 N–H and O–H groups in total. The highest BCUT2D eigenvalue weighted by molar-refractivity contribution is 7.91. The molecule has 2 aromatic heterocycles. The highest BCUT2D eigenvalue weighted by Gasteiger charge is 2.39. The number of aromatic nitrogens is 3. The van der Waals surface area contributed by atoms with Crippen LogP contribution in [0.2, 0.25) is 0 Å². The number of nitrogens with zero attached hydrogens (tertiary/aromatic N) is 4. The van der Waals surface area contributed by atoms with Crippen LogP contribution in [0.5, 0.6) is 0 Å². The van der Waals surface area contributed by atoms with E-state index in [2.05, 4.69) is 19.8 Å². The maximum absolute atomic E-state index is 14.2. The smallest absolute Gasteiger partial charge is 0.304 e. The Balaban J connectivity index is 1.86. The molecule has 35 heavy (non-hydrogen) atoms. The maximum atomic E-state index is 14.2. The zero-order valence-corrected chi connectivity index (χ0v) is 19.0. The summed E-state index contributed by atoms with van der Waals surface area (Å²) in [6, 6.07) is 2.82. The van der Waals surface area contributed by atoms with E-state index in [4.69, 9.17) is 5.14 Å². The van der Waals surface area contributed by atoms with Crippen LogP contribution in [0.3, 0.4) is 0 Å². The Morgan fingerprint density at radius 1 is 1.23 bits per heavy atom. The first-order valence-corrected chi connectivity index (χ1v) is 12.0. The summed E-state index contributed by atoms with van der Waals surface area (Å²) in [6.07, 6.45) is -2.95. The van der Waals surface area contributed by atoms with Gasteiger partial charge in [0, 0.05) is 17.8 Å². The Hall–Kier alpha value is -3.39. The van der Waals surface area contributed by atoms with Gasteiger partial charge in [-0.05, 0) is 49.4 Å². The molecule has 0 unspecified atom stereocenters. The zero-order valence-electron chi connectivity index (χ0n) is 18.2. The fourth-order valence-electron chi connectivity index (χ4n) is 3.86. The van der Waals surface area contributed by atoms with Gasteiger partial charge < -0.3 is 5.32 Å². The highest BCUT2D eigenvalue weighted by Crippen LogP contribution is 2.44. The normalized spacial score (nSPS) is 14.9. The van der Waals surface area contributed by atoms with Crippen molar-refractivity contribution >= 4 is 21.6 Å². The number of halogens is 5. The van der Waals surface area contributed by atoms with Crippen LogP contribution in [-0.4, -0.2) is 25.0 Å². The molecule has 186 valence electrons. The van der Waals surface area contributed by atoms with E-state index in [1.165, 1.54) is 0 Å². The molecule has 0 saturated heterocycles. The quantitative estimate of drug-likeness (QED) is 0.492. The lowest BCUT2D eigenvalue weighted by Gasteiger charge is -2.20. The van der Waals surface area contributed by atoms with Gasteiger partial charge in [0.15, 0.2) is 21.4 Å². The number of carbonyl (C=O) groups excluding carboxylic acids is 1. The van der Waals surface area contributed by atoms with Crippen LogP contribution in [0.25, 0.3) is 11.1 Å². The van der Waals surface area contributed by atoms with Gasteiger partial charge in [0.25, 0.3) is 0 Å². The van der Waals surface area contributed by atoms with Crippen molar-refractivity contribution in [3.05, 3.63) is 59.0 Å². The van der Waals surface area contributed by atoms with Crippen LogP contribution < -0.4 is 10.5 Å². The fraction of sp³-hybridized carbons (Fsp3) is 0.286. The minimum atomic E-state index is -4.91. The van der Waals surface area contributed by atoms with E-state index in [1.807, 2.05) is 0 Å². The molecule has 1 aliphatic rings. The summed E-state index contributed by atoms with van der Waals surface area (Å²) in [7, 11) is -4.17. The number of aryl methyl sites for hydroxylation is 2. The van der Waals surface area contributed by atoms with Crippen molar-refractivity contribution in [2.24, 2.45) is 9.50 Å². The number of urea groups is 1. The molecular formula is C21H19F5N6O2S. The third kappa shape index (κ3) is 4.89. The molecule has 1 atom stereocenters. The molecule has 0 bridgehead atoms. The molecule has 8 nitrogen and oxygen atoms in total. The number of hydrogen-bond acceptors (Lipinski definition) is 4. The number of fused-ring (bicyclic) bond motifs is 1. The minimum Gasteiger partial charge on any atom is -0.304 e. The van der Waals surface area contributed by atoms with Gasteiger partial charge >= 0.3 is 12.2 Å². The van der Waals surface area contributed by atoms with E-state index in [0.29, 0.717) is 18.4 Å². The summed E-state index contributed by atoms with van der Waals surface area (Å²) in [5.74, 6) is -1.72. The Kier molecular flexibility index (Phi) is 6.36. The van der Waals surface area contributed by atoms with Crippen LogP contribution in [0.4, 0.5) is 32.4 Å². The predicted molar refractivity (Wildman–Crippen MR) is 117 cm³/mol. The van der Waals surface area contributed by atoms with Crippen molar-refractivity contribution in [2.45, 2.75) is 43.9 Å². The lowest BCUT2D eigenvalue weighted by molar-refractivity contribution is -0.140. The minimum absolute atomic E-state index is 0.0579. The summed E-state index contributed by atoms with van der Waals surface area (Å²) >= 11 is 0. The van der Waals surface area contributed by atoms with Crippen molar-refractivity contribution in [3.8, 4) is 11.1 Å². The average Bonchev–Trinajstić information content (AvgIpc) is 3.40. The first-order chi connectivity index (χ1) is 16.4. The molecule has 0 fully saturated rings. The molecule has 1 aliphatic carbocycles. The van der Waals surface area contributed by atoms with E-state index >= 15 is 0 Å². The number of nitrogens with one attached hydrogen (secondary N) is 1. The Labute approximate surface area is 196 Å². The van der Waals surface area contributed by atoms with E-state index in [9.17, 15) is 31.0 Å². The van der Waals surface area contributed by atoms with Crippen molar-refractivity contribution in [1.82, 2.24) is 14.8 Å². The largest absolute Gasteiger partial charge is 0.434 e. The van der Waals surface area contributed by atoms with Gasteiger partial charge in [0.1, 0.15) is 5.82 Å². The number of rotatable bonds is 4. The highest BCUT2D eigenvalue weighted by atomic mass is 32.2. The molecule has 14 heteroatoms. The van der Waals surface area contributed by atoms with Gasteiger partial charge in [-0.15, -0.1) is 4.36 Å². The number of anilines is 1. The van der Waals surface area contributed by atoms with Gasteiger partial charge in [-0.1, -0.05) is 12.1 Å². The van der Waals surface area contributed by atoms with Crippen LogP contribution >= 0.6 is 0 Å². The number of amides is 2. The lowest BCUT2D eigenvalue weighted by Crippen LogP contribution is -2.21. The molecular weight excluding hydrogens is 495 g/mol.